The van der Waals surface area contributed by atoms with Crippen LogP contribution in [0.3, 0.4) is 0 Å². The van der Waals surface area contributed by atoms with Gasteiger partial charge in [0, 0.05) is 12.4 Å². The van der Waals surface area contributed by atoms with Gasteiger partial charge in [-0.25, -0.2) is 4.39 Å². The molecule has 2 rings (SSSR count). The lowest BCUT2D eigenvalue weighted by Gasteiger charge is -2.08. The average molecular weight is 285 g/mol. The molecule has 1 unspecified atom stereocenters. The van der Waals surface area contributed by atoms with Gasteiger partial charge in [-0.3, -0.25) is 19.9 Å². The first kappa shape index (κ1) is 14.3. The van der Waals surface area contributed by atoms with Crippen LogP contribution in [0.5, 0.6) is 0 Å². The van der Waals surface area contributed by atoms with E-state index in [-0.39, 0.29) is 5.56 Å². The van der Waals surface area contributed by atoms with Gasteiger partial charge in [-0.05, 0) is 29.8 Å². The molecule has 104 valence electrons. The minimum Gasteiger partial charge on any atom is -0.292 e. The van der Waals surface area contributed by atoms with Gasteiger partial charge in [0.25, 0.3) is 5.69 Å². The lowest BCUT2D eigenvalue weighted by atomic mass is 9.92. The van der Waals surface area contributed by atoms with Crippen LogP contribution >= 0.6 is 0 Å². The Morgan fingerprint density at radius 3 is 2.57 bits per heavy atom. The summed E-state index contributed by atoms with van der Waals surface area (Å²) in [6.07, 6.45) is 2.82. The third kappa shape index (κ3) is 2.90. The maximum Gasteiger partial charge on any atom is 0.283 e. The van der Waals surface area contributed by atoms with Gasteiger partial charge in [0.05, 0.1) is 22.6 Å². The number of nitro benzene ring substituents is 1. The predicted octanol–water partition coefficient (Wildman–Crippen LogP) is 2.62. The number of nitro groups is 1. The van der Waals surface area contributed by atoms with Gasteiger partial charge < -0.3 is 0 Å². The van der Waals surface area contributed by atoms with E-state index in [4.69, 9.17) is 5.26 Å². The quantitative estimate of drug-likeness (QED) is 0.488. The Bertz CT molecular complexity index is 741. The number of rotatable bonds is 4. The number of nitrogens with zero attached hydrogens (tertiary/aromatic N) is 3. The van der Waals surface area contributed by atoms with Gasteiger partial charge in [-0.2, -0.15) is 5.26 Å². The first-order valence-corrected chi connectivity index (χ1v) is 5.82. The van der Waals surface area contributed by atoms with Crippen molar-refractivity contribution >= 4 is 11.5 Å². The monoisotopic (exact) mass is 285 g/mol. The summed E-state index contributed by atoms with van der Waals surface area (Å²) in [6.45, 7) is 0. The highest BCUT2D eigenvalue weighted by atomic mass is 19.1. The largest absolute Gasteiger partial charge is 0.292 e. The number of Topliss-reactive ketones (excluding diaryl/α,β-unsaturated/α-hetero) is 1. The van der Waals surface area contributed by atoms with Gasteiger partial charge in [0.15, 0.2) is 5.78 Å². The van der Waals surface area contributed by atoms with E-state index in [1.165, 1.54) is 24.5 Å². The van der Waals surface area contributed by atoms with Crippen molar-refractivity contribution in [3.63, 3.8) is 0 Å². The molecule has 2 aromatic rings. The summed E-state index contributed by atoms with van der Waals surface area (Å²) in [6, 6.07) is 7.37. The van der Waals surface area contributed by atoms with E-state index >= 15 is 0 Å². The van der Waals surface area contributed by atoms with E-state index in [1.807, 2.05) is 0 Å². The number of nitriles is 1. The molecule has 0 aliphatic rings. The van der Waals surface area contributed by atoms with Gasteiger partial charge in [0.1, 0.15) is 11.7 Å². The number of hydrogen-bond acceptors (Lipinski definition) is 5. The Morgan fingerprint density at radius 2 is 2.00 bits per heavy atom. The van der Waals surface area contributed by atoms with Crippen molar-refractivity contribution in [1.82, 2.24) is 4.98 Å². The normalized spacial score (nSPS) is 11.4. The number of aromatic nitrogens is 1. The molecule has 0 radical (unpaired) electrons. The van der Waals surface area contributed by atoms with E-state index in [0.29, 0.717) is 11.6 Å². The number of halogens is 1. The van der Waals surface area contributed by atoms with Crippen LogP contribution in [0.25, 0.3) is 0 Å². The summed E-state index contributed by atoms with van der Waals surface area (Å²) in [5, 5.41) is 20.1. The van der Waals surface area contributed by atoms with Crippen molar-refractivity contribution in [3.8, 4) is 6.07 Å². The van der Waals surface area contributed by atoms with Crippen LogP contribution in [0.2, 0.25) is 0 Å². The van der Waals surface area contributed by atoms with Crippen LogP contribution in [0.15, 0.2) is 42.7 Å². The Morgan fingerprint density at radius 1 is 1.33 bits per heavy atom. The molecule has 1 aromatic carbocycles. The first-order chi connectivity index (χ1) is 10.0. The van der Waals surface area contributed by atoms with E-state index in [0.717, 1.165) is 12.1 Å². The second-order valence-corrected chi connectivity index (χ2v) is 4.13. The van der Waals surface area contributed by atoms with E-state index in [9.17, 15) is 19.3 Å². The fourth-order valence-electron chi connectivity index (χ4n) is 1.86. The van der Waals surface area contributed by atoms with Crippen LogP contribution in [0, 0.1) is 27.3 Å². The third-order valence-electron chi connectivity index (χ3n) is 2.85. The molecule has 0 aliphatic heterocycles. The highest BCUT2D eigenvalue weighted by molar-refractivity contribution is 6.05. The van der Waals surface area contributed by atoms with E-state index in [2.05, 4.69) is 4.98 Å². The number of carbonyl (C=O) groups excluding carboxylic acids is 1. The molecule has 0 bridgehead atoms. The minimum atomic E-state index is -1.21. The van der Waals surface area contributed by atoms with Crippen molar-refractivity contribution in [2.75, 3.05) is 0 Å². The maximum atomic E-state index is 13.1. The lowest BCUT2D eigenvalue weighted by Crippen LogP contribution is -2.13. The van der Waals surface area contributed by atoms with Crippen LogP contribution in [0.4, 0.5) is 10.1 Å². The summed E-state index contributed by atoms with van der Waals surface area (Å²) < 4.78 is 13.1. The third-order valence-corrected chi connectivity index (χ3v) is 2.85. The molecule has 1 aromatic heterocycles. The minimum absolute atomic E-state index is 0.301. The molecular weight excluding hydrogens is 277 g/mol. The number of ketones is 1. The van der Waals surface area contributed by atoms with Gasteiger partial charge in [-0.15, -0.1) is 0 Å². The Kier molecular flexibility index (Phi) is 4.00. The molecule has 6 nitrogen and oxygen atoms in total. The zero-order valence-corrected chi connectivity index (χ0v) is 10.6. The first-order valence-electron chi connectivity index (χ1n) is 5.82. The van der Waals surface area contributed by atoms with E-state index < -0.39 is 28.1 Å². The molecule has 1 heterocycles. The SMILES string of the molecule is N#CC(C(=O)c1ccc(F)cc1[N+](=O)[O-])c1ccncc1. The molecule has 1 atom stereocenters. The van der Waals surface area contributed by atoms with Gasteiger partial charge in [0.2, 0.25) is 0 Å². The second-order valence-electron chi connectivity index (χ2n) is 4.13. The molecule has 0 saturated carbocycles. The fraction of sp³-hybridized carbons (Fsp3) is 0.0714. The highest BCUT2D eigenvalue weighted by Gasteiger charge is 2.28. The molecule has 0 N–H and O–H groups in total. The number of hydrogen-bond donors (Lipinski definition) is 0. The molecule has 0 amide bonds. The lowest BCUT2D eigenvalue weighted by molar-refractivity contribution is -0.385. The van der Waals surface area contributed by atoms with Crippen LogP contribution in [0.1, 0.15) is 21.8 Å². The summed E-state index contributed by atoms with van der Waals surface area (Å²) >= 11 is 0. The standard InChI is InChI=1S/C14H8FN3O3/c15-10-1-2-11(13(7-10)18(20)21)14(19)12(8-16)9-3-5-17-6-4-9/h1-7,12H. The highest BCUT2D eigenvalue weighted by Crippen LogP contribution is 2.26. The number of pyridine rings is 1. The number of carbonyl (C=O) groups is 1. The van der Waals surface area contributed by atoms with Crippen molar-refractivity contribution in [2.24, 2.45) is 0 Å². The van der Waals surface area contributed by atoms with Crippen molar-refractivity contribution < 1.29 is 14.1 Å². The fourth-order valence-corrected chi connectivity index (χ4v) is 1.86. The molecule has 0 saturated heterocycles. The Labute approximate surface area is 118 Å². The average Bonchev–Trinajstić information content (AvgIpc) is 2.48. The maximum absolute atomic E-state index is 13.1. The van der Waals surface area contributed by atoms with Crippen molar-refractivity contribution in [1.29, 1.82) is 5.26 Å². The summed E-state index contributed by atoms with van der Waals surface area (Å²) in [5.41, 5.74) is -0.588. The number of benzene rings is 1. The van der Waals surface area contributed by atoms with Crippen LogP contribution in [-0.4, -0.2) is 15.7 Å². The zero-order valence-electron chi connectivity index (χ0n) is 10.6. The van der Waals surface area contributed by atoms with Crippen molar-refractivity contribution in [2.45, 2.75) is 5.92 Å². The van der Waals surface area contributed by atoms with Gasteiger partial charge in [-0.1, -0.05) is 0 Å². The second kappa shape index (κ2) is 5.88. The zero-order chi connectivity index (χ0) is 15.4. The summed E-state index contributed by atoms with van der Waals surface area (Å²) in [4.78, 5) is 26.2. The van der Waals surface area contributed by atoms with E-state index in [1.54, 1.807) is 6.07 Å². The van der Waals surface area contributed by atoms with Crippen molar-refractivity contribution in [3.05, 3.63) is 69.8 Å². The summed E-state index contributed by atoms with van der Waals surface area (Å²) in [7, 11) is 0. The molecule has 0 aliphatic carbocycles. The molecular formula is C14H8FN3O3. The molecule has 7 heteroatoms. The molecule has 0 spiro atoms. The topological polar surface area (TPSA) is 96.9 Å². The Balaban J connectivity index is 2.49. The molecule has 0 fully saturated rings. The van der Waals surface area contributed by atoms with Crippen LogP contribution < -0.4 is 0 Å². The van der Waals surface area contributed by atoms with Gasteiger partial charge >= 0.3 is 0 Å². The predicted molar refractivity (Wildman–Crippen MR) is 70.0 cm³/mol. The van der Waals surface area contributed by atoms with Crippen LogP contribution in [-0.2, 0) is 0 Å². The Hall–Kier alpha value is -3.14. The summed E-state index contributed by atoms with van der Waals surface area (Å²) in [5.74, 6) is -2.79. The smallest absolute Gasteiger partial charge is 0.283 e. The molecule has 21 heavy (non-hydrogen) atoms.